The number of halogens is 2. The van der Waals surface area contributed by atoms with Crippen LogP contribution in [-0.2, 0) is 11.2 Å². The van der Waals surface area contributed by atoms with Crippen molar-refractivity contribution in [2.75, 3.05) is 57.0 Å². The lowest BCUT2D eigenvalue weighted by molar-refractivity contribution is -0.128. The van der Waals surface area contributed by atoms with Gasteiger partial charge in [-0.1, -0.05) is 42.8 Å². The number of piperazine rings is 1. The number of carbonyl (C=O) groups excluding carboxylic acids is 2. The van der Waals surface area contributed by atoms with Crippen molar-refractivity contribution in [2.45, 2.75) is 31.8 Å². The average Bonchev–Trinajstić information content (AvgIpc) is 2.95. The number of hydrogen-bond acceptors (Lipinski definition) is 7. The number of carbonyl (C=O) groups is 2. The van der Waals surface area contributed by atoms with E-state index >= 15 is 4.39 Å². The van der Waals surface area contributed by atoms with Gasteiger partial charge in [-0.2, -0.15) is 4.98 Å². The molecular formula is C29H35ClFN7O3. The number of nitrogens with two attached hydrogens (primary N) is 1. The lowest BCUT2D eigenvalue weighted by Crippen LogP contribution is -2.50. The van der Waals surface area contributed by atoms with Gasteiger partial charge < -0.3 is 30.9 Å². The first-order chi connectivity index (χ1) is 19.6. The number of aromatic nitrogens is 2. The first-order valence-electron chi connectivity index (χ1n) is 13.8. The van der Waals surface area contributed by atoms with Crippen molar-refractivity contribution in [3.8, 4) is 0 Å². The first kappa shape index (κ1) is 28.8. The second-order valence-corrected chi connectivity index (χ2v) is 11.3. The number of urea groups is 1. The minimum Gasteiger partial charge on any atom is -0.392 e. The van der Waals surface area contributed by atoms with Gasteiger partial charge in [0.15, 0.2) is 5.82 Å². The normalized spacial score (nSPS) is 20.6. The topological polar surface area (TPSA) is 128 Å². The Morgan fingerprint density at radius 2 is 1.90 bits per heavy atom. The molecule has 3 amide bonds. The van der Waals surface area contributed by atoms with Gasteiger partial charge in [-0.05, 0) is 29.5 Å². The summed E-state index contributed by atoms with van der Waals surface area (Å²) in [4.78, 5) is 38.1. The number of fused-ring (bicyclic) bond motifs is 2. The van der Waals surface area contributed by atoms with E-state index in [1.807, 2.05) is 36.1 Å². The quantitative estimate of drug-likeness (QED) is 0.406. The van der Waals surface area contributed by atoms with Crippen molar-refractivity contribution in [3.63, 3.8) is 0 Å². The Kier molecular flexibility index (Phi) is 8.19. The zero-order valence-electron chi connectivity index (χ0n) is 23.4. The zero-order chi connectivity index (χ0) is 29.4. The van der Waals surface area contributed by atoms with Crippen molar-refractivity contribution >= 4 is 46.2 Å². The molecule has 218 valence electrons. The molecule has 0 bridgehead atoms. The van der Waals surface area contributed by atoms with Crippen LogP contribution in [0.15, 0.2) is 30.3 Å². The number of aliphatic hydroxyl groups is 1. The minimum absolute atomic E-state index is 0.0650. The lowest BCUT2D eigenvalue weighted by Gasteiger charge is -2.37. The van der Waals surface area contributed by atoms with Gasteiger partial charge in [0.2, 0.25) is 11.9 Å². The Labute approximate surface area is 243 Å². The van der Waals surface area contributed by atoms with Crippen LogP contribution in [-0.4, -0.2) is 89.7 Å². The van der Waals surface area contributed by atoms with E-state index in [1.54, 1.807) is 25.1 Å². The van der Waals surface area contributed by atoms with Crippen LogP contribution in [0.25, 0.3) is 10.9 Å². The van der Waals surface area contributed by atoms with Crippen molar-refractivity contribution < 1.29 is 19.1 Å². The number of amides is 3. The molecule has 12 heteroatoms. The van der Waals surface area contributed by atoms with E-state index in [4.69, 9.17) is 22.3 Å². The largest absolute Gasteiger partial charge is 0.392 e. The summed E-state index contributed by atoms with van der Waals surface area (Å²) in [6.07, 6.45) is 0.0446. The molecule has 0 saturated carbocycles. The van der Waals surface area contributed by atoms with Crippen molar-refractivity contribution in [3.05, 3.63) is 57.9 Å². The Morgan fingerprint density at radius 3 is 2.59 bits per heavy atom. The Bertz CT molecular complexity index is 1480. The van der Waals surface area contributed by atoms with Crippen molar-refractivity contribution in [1.82, 2.24) is 19.8 Å². The molecule has 1 aromatic heterocycles. The molecule has 10 nitrogen and oxygen atoms in total. The van der Waals surface area contributed by atoms with Gasteiger partial charge in [0.05, 0.1) is 6.10 Å². The standard InChI is InChI=1S/C29H35ClFN7O3/c1-16-21(39)14-17-6-4-5-7-18(17)23(16)24-20(30)15-19-26(25(24)31)34-29(33-9-8-22(40)36(2)3)35-27(19)37-10-12-38(13-11-37)28(32)41/h4-7,15-16,21,23,39H,8-14H2,1-3H3,(H2,32,41)(H,33,34,35)/t16-,21?,23-/m0/s1. The summed E-state index contributed by atoms with van der Waals surface area (Å²) in [6, 6.07) is 8.93. The molecule has 41 heavy (non-hydrogen) atoms. The van der Waals surface area contributed by atoms with Crippen LogP contribution in [0.3, 0.4) is 0 Å². The maximum atomic E-state index is 16.7. The highest BCUT2D eigenvalue weighted by molar-refractivity contribution is 6.32. The van der Waals surface area contributed by atoms with E-state index in [0.29, 0.717) is 43.8 Å². The van der Waals surface area contributed by atoms with E-state index in [2.05, 4.69) is 10.3 Å². The number of rotatable bonds is 6. The molecule has 1 unspecified atom stereocenters. The third-order valence-corrected chi connectivity index (χ3v) is 8.49. The van der Waals surface area contributed by atoms with Gasteiger partial charge in [-0.25, -0.2) is 14.2 Å². The van der Waals surface area contributed by atoms with Crippen LogP contribution < -0.4 is 16.0 Å². The second kappa shape index (κ2) is 11.7. The van der Waals surface area contributed by atoms with Gasteiger partial charge in [-0.15, -0.1) is 0 Å². The molecule has 3 aromatic rings. The fourth-order valence-electron chi connectivity index (χ4n) is 5.80. The number of aliphatic hydroxyl groups excluding tert-OH is 1. The predicted molar refractivity (Wildman–Crippen MR) is 157 cm³/mol. The SMILES string of the molecule is C[C@H]1C(O)Cc2ccccc2[C@H]1c1c(Cl)cc2c(N3CCN(C(N)=O)CC3)nc(NCCC(=O)N(C)C)nc2c1F. The Hall–Kier alpha value is -3.70. The van der Waals surface area contributed by atoms with Gasteiger partial charge in [0.1, 0.15) is 11.3 Å². The number of anilines is 2. The zero-order valence-corrected chi connectivity index (χ0v) is 24.2. The van der Waals surface area contributed by atoms with Gasteiger partial charge in [0, 0.05) is 75.1 Å². The molecule has 1 aliphatic heterocycles. The fourth-order valence-corrected chi connectivity index (χ4v) is 6.11. The number of hydrogen-bond donors (Lipinski definition) is 3. The maximum absolute atomic E-state index is 16.7. The molecular weight excluding hydrogens is 549 g/mol. The van der Waals surface area contributed by atoms with E-state index < -0.39 is 23.9 Å². The number of nitrogens with zero attached hydrogens (tertiary/aromatic N) is 5. The summed E-state index contributed by atoms with van der Waals surface area (Å²) >= 11 is 6.86. The van der Waals surface area contributed by atoms with Crippen LogP contribution >= 0.6 is 11.6 Å². The minimum atomic E-state index is -0.657. The van der Waals surface area contributed by atoms with Crippen LogP contribution in [0.5, 0.6) is 0 Å². The highest BCUT2D eigenvalue weighted by Gasteiger charge is 2.37. The number of nitrogens with one attached hydrogen (secondary N) is 1. The fraction of sp³-hybridized carbons (Fsp3) is 0.448. The molecule has 3 atom stereocenters. The molecule has 0 spiro atoms. The average molecular weight is 584 g/mol. The molecule has 5 rings (SSSR count). The van der Waals surface area contributed by atoms with E-state index in [0.717, 1.165) is 11.1 Å². The molecule has 1 saturated heterocycles. The molecule has 4 N–H and O–H groups in total. The summed E-state index contributed by atoms with van der Waals surface area (Å²) in [6.45, 7) is 3.83. The highest BCUT2D eigenvalue weighted by atomic mass is 35.5. The summed E-state index contributed by atoms with van der Waals surface area (Å²) < 4.78 is 16.7. The third-order valence-electron chi connectivity index (χ3n) is 8.17. The number of benzene rings is 2. The molecule has 0 radical (unpaired) electrons. The molecule has 1 fully saturated rings. The molecule has 2 aromatic carbocycles. The lowest BCUT2D eigenvalue weighted by atomic mass is 9.71. The van der Waals surface area contributed by atoms with Gasteiger partial charge >= 0.3 is 6.03 Å². The third kappa shape index (κ3) is 5.60. The monoisotopic (exact) mass is 583 g/mol. The summed E-state index contributed by atoms with van der Waals surface area (Å²) in [5.74, 6) is -0.735. The van der Waals surface area contributed by atoms with E-state index in [-0.39, 0.29) is 46.8 Å². The van der Waals surface area contributed by atoms with Crippen LogP contribution in [0.1, 0.15) is 36.0 Å². The number of primary amides is 1. The smallest absolute Gasteiger partial charge is 0.314 e. The molecule has 2 aliphatic rings. The van der Waals surface area contributed by atoms with Crippen molar-refractivity contribution in [1.29, 1.82) is 0 Å². The first-order valence-corrected chi connectivity index (χ1v) is 14.1. The Balaban J connectivity index is 1.61. The maximum Gasteiger partial charge on any atom is 0.314 e. The van der Waals surface area contributed by atoms with E-state index in [9.17, 15) is 14.7 Å². The Morgan fingerprint density at radius 1 is 1.20 bits per heavy atom. The summed E-state index contributed by atoms with van der Waals surface area (Å²) in [5, 5.41) is 14.6. The van der Waals surface area contributed by atoms with Crippen LogP contribution in [0.2, 0.25) is 5.02 Å². The highest BCUT2D eigenvalue weighted by Crippen LogP contribution is 2.46. The molecule has 2 heterocycles. The molecule has 1 aliphatic carbocycles. The van der Waals surface area contributed by atoms with Crippen molar-refractivity contribution in [2.24, 2.45) is 11.7 Å². The summed E-state index contributed by atoms with van der Waals surface area (Å²) in [7, 11) is 3.36. The van der Waals surface area contributed by atoms with Crippen LogP contribution in [0, 0.1) is 11.7 Å². The summed E-state index contributed by atoms with van der Waals surface area (Å²) in [5.41, 5.74) is 7.74. The van der Waals surface area contributed by atoms with E-state index in [1.165, 1.54) is 4.90 Å². The predicted octanol–water partition coefficient (Wildman–Crippen LogP) is 3.20. The second-order valence-electron chi connectivity index (χ2n) is 10.9. The van der Waals surface area contributed by atoms with Gasteiger partial charge in [-0.3, -0.25) is 4.79 Å². The van der Waals surface area contributed by atoms with Gasteiger partial charge in [0.25, 0.3) is 0 Å². The van der Waals surface area contributed by atoms with Crippen LogP contribution in [0.4, 0.5) is 21.0 Å².